The van der Waals surface area contributed by atoms with E-state index in [2.05, 4.69) is 5.29 Å². The second-order valence-corrected chi connectivity index (χ2v) is 1.94. The monoisotopic (exact) mass is 130 g/mol. The van der Waals surface area contributed by atoms with Crippen LogP contribution in [0.4, 0.5) is 4.79 Å². The Morgan fingerprint density at radius 2 is 2.22 bits per heavy atom. The van der Waals surface area contributed by atoms with Gasteiger partial charge in [0.05, 0.1) is 11.3 Å². The molecule has 50 valence electrons. The molecule has 0 unspecified atom stereocenters. The van der Waals surface area contributed by atoms with Gasteiger partial charge in [0.2, 0.25) is 0 Å². The molecule has 0 aromatic carbocycles. The Morgan fingerprint density at radius 3 is 2.33 bits per heavy atom. The van der Waals surface area contributed by atoms with E-state index in [4.69, 9.17) is 5.11 Å². The van der Waals surface area contributed by atoms with E-state index in [1.54, 1.807) is 0 Å². The molecule has 0 atom stereocenters. The van der Waals surface area contributed by atoms with Crippen LogP contribution in [-0.4, -0.2) is 22.3 Å². The van der Waals surface area contributed by atoms with Crippen molar-refractivity contribution in [2.75, 3.05) is 0 Å². The fraction of sp³-hybridized carbons (Fsp3) is 0.750. The van der Waals surface area contributed by atoms with E-state index in [0.717, 1.165) is 12.8 Å². The molecular weight excluding hydrogens is 124 g/mol. The number of carboxylic acid groups (broad SMARTS) is 1. The predicted octanol–water partition coefficient (Wildman–Crippen LogP) is 0.810. The second-order valence-electron chi connectivity index (χ2n) is 1.94. The summed E-state index contributed by atoms with van der Waals surface area (Å²) in [6.07, 6.45) is 0.267. The number of hydrogen-bond donors (Lipinski definition) is 1. The number of nitrogens with zero attached hydrogens (tertiary/aromatic N) is 2. The van der Waals surface area contributed by atoms with Crippen LogP contribution in [0.2, 0.25) is 0 Å². The average Bonchev–Trinajstić information content (AvgIpc) is 2.50. The van der Waals surface area contributed by atoms with Crippen LogP contribution < -0.4 is 0 Å². The standard InChI is InChI=1S/C4H6N2O3/c7-4(8)6(5-9)3-1-2-3/h3H,1-2H2,(H,7,8). The summed E-state index contributed by atoms with van der Waals surface area (Å²) in [5, 5.41) is 11.1. The highest BCUT2D eigenvalue weighted by atomic mass is 16.4. The minimum atomic E-state index is -1.26. The number of amides is 1. The first kappa shape index (κ1) is 6.00. The molecule has 5 nitrogen and oxygen atoms in total. The Balaban J connectivity index is 2.47. The van der Waals surface area contributed by atoms with E-state index >= 15 is 0 Å². The third-order valence-electron chi connectivity index (χ3n) is 1.18. The molecule has 0 aromatic heterocycles. The minimum Gasteiger partial charge on any atom is -0.464 e. The first-order chi connectivity index (χ1) is 4.25. The summed E-state index contributed by atoms with van der Waals surface area (Å²) in [4.78, 5) is 19.8. The van der Waals surface area contributed by atoms with Crippen molar-refractivity contribution in [1.82, 2.24) is 5.01 Å². The van der Waals surface area contributed by atoms with Crippen molar-refractivity contribution < 1.29 is 9.90 Å². The normalized spacial score (nSPS) is 16.9. The zero-order valence-electron chi connectivity index (χ0n) is 4.65. The summed E-state index contributed by atoms with van der Waals surface area (Å²) < 4.78 is 0. The van der Waals surface area contributed by atoms with Gasteiger partial charge < -0.3 is 5.11 Å². The minimum absolute atomic E-state index is 0.139. The van der Waals surface area contributed by atoms with Crippen molar-refractivity contribution in [3.8, 4) is 0 Å². The zero-order chi connectivity index (χ0) is 6.85. The maximum absolute atomic E-state index is 10.0. The molecular formula is C4H6N2O3. The predicted molar refractivity (Wildman–Crippen MR) is 28.7 cm³/mol. The van der Waals surface area contributed by atoms with Gasteiger partial charge in [-0.25, -0.2) is 4.79 Å². The third kappa shape index (κ3) is 1.16. The van der Waals surface area contributed by atoms with Gasteiger partial charge in [0, 0.05) is 0 Å². The number of nitroso groups, excluding NO2 is 1. The van der Waals surface area contributed by atoms with Crippen LogP contribution >= 0.6 is 0 Å². The SMILES string of the molecule is O=NN(C(=O)O)C1CC1. The maximum atomic E-state index is 10.0. The molecule has 0 aromatic rings. The van der Waals surface area contributed by atoms with Gasteiger partial charge in [0.1, 0.15) is 0 Å². The highest BCUT2D eigenvalue weighted by molar-refractivity contribution is 5.65. The number of hydrogen-bond acceptors (Lipinski definition) is 3. The van der Waals surface area contributed by atoms with Gasteiger partial charge >= 0.3 is 6.09 Å². The second kappa shape index (κ2) is 2.00. The number of rotatable bonds is 2. The van der Waals surface area contributed by atoms with Gasteiger partial charge in [0.25, 0.3) is 0 Å². The molecule has 0 spiro atoms. The van der Waals surface area contributed by atoms with Crippen molar-refractivity contribution in [1.29, 1.82) is 0 Å². The van der Waals surface area contributed by atoms with E-state index in [9.17, 15) is 9.70 Å². The molecule has 1 fully saturated rings. The lowest BCUT2D eigenvalue weighted by Gasteiger charge is -2.04. The van der Waals surface area contributed by atoms with Gasteiger partial charge in [-0.2, -0.15) is 5.01 Å². The molecule has 0 heterocycles. The first-order valence-corrected chi connectivity index (χ1v) is 2.61. The topological polar surface area (TPSA) is 70.0 Å². The zero-order valence-corrected chi connectivity index (χ0v) is 4.65. The van der Waals surface area contributed by atoms with Gasteiger partial charge in [-0.15, -0.1) is 4.91 Å². The van der Waals surface area contributed by atoms with Crippen LogP contribution in [0, 0.1) is 4.91 Å². The molecule has 5 heteroatoms. The van der Waals surface area contributed by atoms with Crippen LogP contribution in [0.3, 0.4) is 0 Å². The fourth-order valence-corrected chi connectivity index (χ4v) is 0.577. The molecule has 0 aliphatic heterocycles. The van der Waals surface area contributed by atoms with Crippen LogP contribution in [0.1, 0.15) is 12.8 Å². The third-order valence-corrected chi connectivity index (χ3v) is 1.18. The summed E-state index contributed by atoms with van der Waals surface area (Å²) in [6.45, 7) is 0. The van der Waals surface area contributed by atoms with Gasteiger partial charge in [0.15, 0.2) is 0 Å². The van der Waals surface area contributed by atoms with E-state index in [-0.39, 0.29) is 6.04 Å². The highest BCUT2D eigenvalue weighted by Gasteiger charge is 2.33. The Kier molecular flexibility index (Phi) is 1.33. The number of carbonyl (C=O) groups is 1. The Morgan fingerprint density at radius 1 is 1.67 bits per heavy atom. The van der Waals surface area contributed by atoms with Gasteiger partial charge in [-0.1, -0.05) is 0 Å². The smallest absolute Gasteiger partial charge is 0.430 e. The first-order valence-electron chi connectivity index (χ1n) is 2.61. The Bertz CT molecular complexity index is 143. The molecule has 1 aliphatic rings. The summed E-state index contributed by atoms with van der Waals surface area (Å²) in [5.41, 5.74) is 0. The maximum Gasteiger partial charge on any atom is 0.430 e. The molecule has 1 rings (SSSR count). The Hall–Kier alpha value is -1.13. The van der Waals surface area contributed by atoms with E-state index in [0.29, 0.717) is 5.01 Å². The molecule has 1 N–H and O–H groups in total. The van der Waals surface area contributed by atoms with Crippen molar-refractivity contribution in [2.45, 2.75) is 18.9 Å². The quantitative estimate of drug-likeness (QED) is 0.444. The van der Waals surface area contributed by atoms with Crippen LogP contribution in [0.15, 0.2) is 5.29 Å². The van der Waals surface area contributed by atoms with Crippen LogP contribution in [0.25, 0.3) is 0 Å². The molecule has 9 heavy (non-hydrogen) atoms. The lowest BCUT2D eigenvalue weighted by atomic mass is 10.7. The molecule has 0 radical (unpaired) electrons. The van der Waals surface area contributed by atoms with Crippen LogP contribution in [-0.2, 0) is 0 Å². The average molecular weight is 130 g/mol. The summed E-state index contributed by atoms with van der Waals surface area (Å²) >= 11 is 0. The van der Waals surface area contributed by atoms with Gasteiger partial charge in [-0.05, 0) is 12.8 Å². The molecule has 0 bridgehead atoms. The molecule has 1 aliphatic carbocycles. The van der Waals surface area contributed by atoms with Gasteiger partial charge in [-0.3, -0.25) is 0 Å². The molecule has 1 saturated carbocycles. The lowest BCUT2D eigenvalue weighted by Crippen LogP contribution is -2.24. The largest absolute Gasteiger partial charge is 0.464 e. The van der Waals surface area contributed by atoms with E-state index in [1.807, 2.05) is 0 Å². The summed E-state index contributed by atoms with van der Waals surface area (Å²) in [6, 6.07) is -0.139. The summed E-state index contributed by atoms with van der Waals surface area (Å²) in [5.74, 6) is 0. The fourth-order valence-electron chi connectivity index (χ4n) is 0.577. The van der Waals surface area contributed by atoms with E-state index in [1.165, 1.54) is 0 Å². The highest BCUT2D eigenvalue weighted by Crippen LogP contribution is 2.26. The molecule has 0 saturated heterocycles. The molecule has 1 amide bonds. The Labute approximate surface area is 51.2 Å². The summed E-state index contributed by atoms with van der Waals surface area (Å²) in [7, 11) is 0. The van der Waals surface area contributed by atoms with Crippen molar-refractivity contribution in [3.05, 3.63) is 4.91 Å². The van der Waals surface area contributed by atoms with Crippen LogP contribution in [0.5, 0.6) is 0 Å². The lowest BCUT2D eigenvalue weighted by molar-refractivity contribution is 0.143. The van der Waals surface area contributed by atoms with E-state index < -0.39 is 6.09 Å². The van der Waals surface area contributed by atoms with Crippen molar-refractivity contribution in [3.63, 3.8) is 0 Å². The van der Waals surface area contributed by atoms with Crippen molar-refractivity contribution >= 4 is 6.09 Å². The van der Waals surface area contributed by atoms with Crippen molar-refractivity contribution in [2.24, 2.45) is 5.29 Å².